The minimum atomic E-state index is -0.519. The molecular weight excluding hydrogens is 200 g/mol. The molecule has 1 fully saturated rings. The van der Waals surface area contributed by atoms with Gasteiger partial charge < -0.3 is 10.8 Å². The van der Waals surface area contributed by atoms with E-state index in [0.717, 1.165) is 24.8 Å². The molecule has 0 bridgehead atoms. The van der Waals surface area contributed by atoms with Crippen molar-refractivity contribution in [3.8, 4) is 0 Å². The Kier molecular flexibility index (Phi) is 3.15. The average molecular weight is 220 g/mol. The molecular formula is C13H20N2O. The van der Waals surface area contributed by atoms with Crippen molar-refractivity contribution in [2.24, 2.45) is 5.92 Å². The van der Waals surface area contributed by atoms with E-state index in [1.165, 1.54) is 6.42 Å². The number of aliphatic hydroxyl groups is 1. The van der Waals surface area contributed by atoms with E-state index in [-0.39, 0.29) is 0 Å². The van der Waals surface area contributed by atoms with Crippen molar-refractivity contribution in [3.63, 3.8) is 0 Å². The van der Waals surface area contributed by atoms with Gasteiger partial charge in [0.05, 0.1) is 5.60 Å². The summed E-state index contributed by atoms with van der Waals surface area (Å²) in [5, 5.41) is 10.5. The first-order valence-electron chi connectivity index (χ1n) is 6.04. The quantitative estimate of drug-likeness (QED) is 0.820. The summed E-state index contributed by atoms with van der Waals surface area (Å²) in [7, 11) is 0. The number of nitrogens with two attached hydrogens (primary N) is 1. The van der Waals surface area contributed by atoms with E-state index in [1.54, 1.807) is 6.20 Å². The van der Waals surface area contributed by atoms with Gasteiger partial charge in [-0.3, -0.25) is 0 Å². The highest BCUT2D eigenvalue weighted by molar-refractivity contribution is 5.32. The lowest BCUT2D eigenvalue weighted by atomic mass is 9.92. The van der Waals surface area contributed by atoms with Gasteiger partial charge in [-0.15, -0.1) is 0 Å². The van der Waals surface area contributed by atoms with Crippen LogP contribution in [0.1, 0.15) is 38.2 Å². The predicted molar refractivity (Wildman–Crippen MR) is 64.9 cm³/mol. The van der Waals surface area contributed by atoms with E-state index in [1.807, 2.05) is 12.1 Å². The maximum atomic E-state index is 10.5. The van der Waals surface area contributed by atoms with Crippen molar-refractivity contribution in [1.82, 2.24) is 4.98 Å². The minimum Gasteiger partial charge on any atom is -0.390 e. The molecule has 3 nitrogen and oxygen atoms in total. The Morgan fingerprint density at radius 1 is 1.62 bits per heavy atom. The molecule has 3 N–H and O–H groups in total. The van der Waals surface area contributed by atoms with Crippen LogP contribution in [0.4, 0.5) is 5.82 Å². The van der Waals surface area contributed by atoms with E-state index in [0.29, 0.717) is 18.2 Å². The summed E-state index contributed by atoms with van der Waals surface area (Å²) in [5.74, 6) is 1.22. The highest BCUT2D eigenvalue weighted by atomic mass is 16.3. The normalized spacial score (nSPS) is 29.5. The Hall–Kier alpha value is -1.09. The van der Waals surface area contributed by atoms with Crippen LogP contribution in [0.3, 0.4) is 0 Å². The van der Waals surface area contributed by atoms with Gasteiger partial charge in [-0.25, -0.2) is 4.98 Å². The molecule has 1 aliphatic carbocycles. The molecule has 3 heteroatoms. The molecule has 1 aromatic rings. The lowest BCUT2D eigenvalue weighted by molar-refractivity contribution is 0.0437. The van der Waals surface area contributed by atoms with Crippen LogP contribution >= 0.6 is 0 Å². The van der Waals surface area contributed by atoms with Crippen molar-refractivity contribution in [2.75, 3.05) is 5.73 Å². The average Bonchev–Trinajstić information content (AvgIpc) is 2.60. The molecule has 2 atom stereocenters. The monoisotopic (exact) mass is 220 g/mol. The molecule has 1 aliphatic rings. The maximum Gasteiger partial charge on any atom is 0.123 e. The van der Waals surface area contributed by atoms with Crippen LogP contribution in [-0.2, 0) is 6.42 Å². The smallest absolute Gasteiger partial charge is 0.123 e. The third-order valence-corrected chi connectivity index (χ3v) is 3.64. The second kappa shape index (κ2) is 4.42. The number of hydrogen-bond acceptors (Lipinski definition) is 3. The molecule has 0 spiro atoms. The number of pyridine rings is 1. The summed E-state index contributed by atoms with van der Waals surface area (Å²) in [6.45, 7) is 2.20. The number of anilines is 1. The van der Waals surface area contributed by atoms with Crippen LogP contribution in [0, 0.1) is 5.92 Å². The molecule has 1 aromatic heterocycles. The SMILES string of the molecule is CCC1CCC(O)(Cc2ccnc(N)c2)C1. The minimum absolute atomic E-state index is 0.519. The van der Waals surface area contributed by atoms with Gasteiger partial charge >= 0.3 is 0 Å². The van der Waals surface area contributed by atoms with Gasteiger partial charge in [-0.2, -0.15) is 0 Å². The van der Waals surface area contributed by atoms with Gasteiger partial charge in [0.15, 0.2) is 0 Å². The van der Waals surface area contributed by atoms with E-state index in [4.69, 9.17) is 5.73 Å². The van der Waals surface area contributed by atoms with Crippen molar-refractivity contribution >= 4 is 5.82 Å². The van der Waals surface area contributed by atoms with E-state index < -0.39 is 5.60 Å². The van der Waals surface area contributed by atoms with E-state index in [2.05, 4.69) is 11.9 Å². The molecule has 2 unspecified atom stereocenters. The zero-order valence-electron chi connectivity index (χ0n) is 9.82. The van der Waals surface area contributed by atoms with Gasteiger partial charge in [0.25, 0.3) is 0 Å². The lowest BCUT2D eigenvalue weighted by Crippen LogP contribution is -2.27. The van der Waals surface area contributed by atoms with Gasteiger partial charge in [-0.1, -0.05) is 13.3 Å². The molecule has 0 radical (unpaired) electrons. The lowest BCUT2D eigenvalue weighted by Gasteiger charge is -2.22. The summed E-state index contributed by atoms with van der Waals surface area (Å²) in [6, 6.07) is 3.80. The molecule has 16 heavy (non-hydrogen) atoms. The zero-order valence-corrected chi connectivity index (χ0v) is 9.82. The first kappa shape index (κ1) is 11.4. The summed E-state index contributed by atoms with van der Waals surface area (Å²) in [6.07, 6.45) is 6.56. The van der Waals surface area contributed by atoms with Gasteiger partial charge in [0.1, 0.15) is 5.82 Å². The van der Waals surface area contributed by atoms with Crippen LogP contribution in [0.2, 0.25) is 0 Å². The van der Waals surface area contributed by atoms with Gasteiger partial charge in [0.2, 0.25) is 0 Å². The van der Waals surface area contributed by atoms with Crippen molar-refractivity contribution in [3.05, 3.63) is 23.9 Å². The fraction of sp³-hybridized carbons (Fsp3) is 0.615. The first-order valence-corrected chi connectivity index (χ1v) is 6.04. The summed E-state index contributed by atoms with van der Waals surface area (Å²) in [5.41, 5.74) is 6.21. The second-order valence-electron chi connectivity index (χ2n) is 5.01. The van der Waals surface area contributed by atoms with Crippen LogP contribution < -0.4 is 5.73 Å². The van der Waals surface area contributed by atoms with Crippen LogP contribution in [0.25, 0.3) is 0 Å². The van der Waals surface area contributed by atoms with Crippen LogP contribution in [-0.4, -0.2) is 15.7 Å². The molecule has 0 saturated heterocycles. The summed E-state index contributed by atoms with van der Waals surface area (Å²) in [4.78, 5) is 3.96. The van der Waals surface area contributed by atoms with Gasteiger partial charge in [0, 0.05) is 12.6 Å². The highest BCUT2D eigenvalue weighted by Gasteiger charge is 2.36. The Balaban J connectivity index is 2.04. The maximum absolute atomic E-state index is 10.5. The number of rotatable bonds is 3. The van der Waals surface area contributed by atoms with E-state index in [9.17, 15) is 5.11 Å². The molecule has 0 aromatic carbocycles. The molecule has 88 valence electrons. The third kappa shape index (κ3) is 2.53. The van der Waals surface area contributed by atoms with Crippen LogP contribution in [0.5, 0.6) is 0 Å². The number of nitrogen functional groups attached to an aromatic ring is 1. The Bertz CT molecular complexity index is 367. The Labute approximate surface area is 96.7 Å². The first-order chi connectivity index (χ1) is 7.61. The fourth-order valence-electron chi connectivity index (χ4n) is 2.71. The van der Waals surface area contributed by atoms with Crippen LogP contribution in [0.15, 0.2) is 18.3 Å². The predicted octanol–water partition coefficient (Wildman–Crippen LogP) is 2.15. The molecule has 0 amide bonds. The standard InChI is InChI=1S/C13H20N2O/c1-2-10-3-5-13(16,8-10)9-11-4-6-15-12(14)7-11/h4,6-7,10,16H,2-3,5,8-9H2,1H3,(H2,14,15). The third-order valence-electron chi connectivity index (χ3n) is 3.64. The Morgan fingerprint density at radius 2 is 2.44 bits per heavy atom. The van der Waals surface area contributed by atoms with E-state index >= 15 is 0 Å². The Morgan fingerprint density at radius 3 is 3.06 bits per heavy atom. The molecule has 2 rings (SSSR count). The van der Waals surface area contributed by atoms with Crippen molar-refractivity contribution < 1.29 is 5.11 Å². The molecule has 0 aliphatic heterocycles. The number of hydrogen-bond donors (Lipinski definition) is 2. The molecule has 1 saturated carbocycles. The van der Waals surface area contributed by atoms with Crippen molar-refractivity contribution in [1.29, 1.82) is 0 Å². The summed E-state index contributed by atoms with van der Waals surface area (Å²) >= 11 is 0. The second-order valence-corrected chi connectivity index (χ2v) is 5.01. The topological polar surface area (TPSA) is 59.1 Å². The summed E-state index contributed by atoms with van der Waals surface area (Å²) < 4.78 is 0. The van der Waals surface area contributed by atoms with Crippen molar-refractivity contribution in [2.45, 2.75) is 44.6 Å². The van der Waals surface area contributed by atoms with Gasteiger partial charge in [-0.05, 0) is 42.9 Å². The number of nitrogens with zero attached hydrogens (tertiary/aromatic N) is 1. The fourth-order valence-corrected chi connectivity index (χ4v) is 2.71. The highest BCUT2D eigenvalue weighted by Crippen LogP contribution is 2.38. The zero-order chi connectivity index (χ0) is 11.6. The number of aromatic nitrogens is 1. The molecule has 1 heterocycles. The largest absolute Gasteiger partial charge is 0.390 e.